The van der Waals surface area contributed by atoms with E-state index in [-0.39, 0.29) is 18.2 Å². The third-order valence-electron chi connectivity index (χ3n) is 5.58. The fraction of sp³-hybridized carbons (Fsp3) is 0.185. The fourth-order valence-electron chi connectivity index (χ4n) is 3.94. The van der Waals surface area contributed by atoms with E-state index >= 15 is 0 Å². The molecule has 0 bridgehead atoms. The molecule has 7 heteroatoms. The standard InChI is InChI=1S/C27H27FN4O2/c1-29-24(33)14-17-4-8-19(9-5-17)26(30-21-11-6-18(7-12-21)16-32(2)3)25-22-13-10-20(28)15-23(22)31-27(25)34/h4-13,15,30H,14,16H2,1-3H3,(H,29,33)(H,31,34)/b26-25-. The average Bonchev–Trinajstić information content (AvgIpc) is 3.13. The number of hydrogen-bond donors (Lipinski definition) is 3. The normalized spacial score (nSPS) is 14.0. The highest BCUT2D eigenvalue weighted by molar-refractivity contribution is 6.37. The fourth-order valence-corrected chi connectivity index (χ4v) is 3.94. The summed E-state index contributed by atoms with van der Waals surface area (Å²) < 4.78 is 13.8. The molecule has 3 N–H and O–H groups in total. The van der Waals surface area contributed by atoms with E-state index in [1.807, 2.05) is 62.6 Å². The number of rotatable bonds is 7. The van der Waals surface area contributed by atoms with Crippen molar-refractivity contribution in [3.63, 3.8) is 0 Å². The molecular formula is C27H27FN4O2. The summed E-state index contributed by atoms with van der Waals surface area (Å²) in [5.74, 6) is -0.792. The Kier molecular flexibility index (Phi) is 6.75. The topological polar surface area (TPSA) is 73.5 Å². The Morgan fingerprint density at radius 2 is 1.65 bits per heavy atom. The summed E-state index contributed by atoms with van der Waals surface area (Å²) >= 11 is 0. The molecule has 0 saturated heterocycles. The number of carbonyl (C=O) groups excluding carboxylic acids is 2. The molecule has 0 atom stereocenters. The van der Waals surface area contributed by atoms with Gasteiger partial charge in [0.1, 0.15) is 5.82 Å². The Balaban J connectivity index is 1.76. The molecule has 3 aromatic carbocycles. The van der Waals surface area contributed by atoms with Crippen LogP contribution >= 0.6 is 0 Å². The zero-order chi connectivity index (χ0) is 24.2. The summed E-state index contributed by atoms with van der Waals surface area (Å²) in [7, 11) is 5.63. The molecule has 1 aliphatic heterocycles. The van der Waals surface area contributed by atoms with Crippen molar-refractivity contribution in [1.29, 1.82) is 0 Å². The maximum atomic E-state index is 13.8. The largest absolute Gasteiger partial charge is 0.359 e. The zero-order valence-corrected chi connectivity index (χ0v) is 19.4. The van der Waals surface area contributed by atoms with Crippen LogP contribution in [0.25, 0.3) is 11.3 Å². The Labute approximate surface area is 198 Å². The van der Waals surface area contributed by atoms with Gasteiger partial charge in [-0.25, -0.2) is 4.39 Å². The molecule has 0 fully saturated rings. The van der Waals surface area contributed by atoms with Crippen molar-refractivity contribution in [1.82, 2.24) is 10.2 Å². The molecule has 4 rings (SSSR count). The minimum atomic E-state index is -0.412. The van der Waals surface area contributed by atoms with Crippen molar-refractivity contribution in [3.8, 4) is 0 Å². The van der Waals surface area contributed by atoms with E-state index in [2.05, 4.69) is 20.9 Å². The molecule has 0 radical (unpaired) electrons. The van der Waals surface area contributed by atoms with Crippen molar-refractivity contribution in [3.05, 3.63) is 94.8 Å². The smallest absolute Gasteiger partial charge is 0.258 e. The first-order chi connectivity index (χ1) is 16.3. The predicted molar refractivity (Wildman–Crippen MR) is 134 cm³/mol. The van der Waals surface area contributed by atoms with Crippen LogP contribution in [0.1, 0.15) is 22.3 Å². The van der Waals surface area contributed by atoms with Gasteiger partial charge in [0.2, 0.25) is 5.91 Å². The summed E-state index contributed by atoms with van der Waals surface area (Å²) in [6.45, 7) is 0.822. The molecule has 1 heterocycles. The number of halogens is 1. The van der Waals surface area contributed by atoms with Gasteiger partial charge >= 0.3 is 0 Å². The van der Waals surface area contributed by atoms with Gasteiger partial charge in [0.05, 0.1) is 23.4 Å². The van der Waals surface area contributed by atoms with Gasteiger partial charge in [0, 0.05) is 24.8 Å². The molecule has 6 nitrogen and oxygen atoms in total. The average molecular weight is 459 g/mol. The molecule has 0 unspecified atom stereocenters. The van der Waals surface area contributed by atoms with Crippen LogP contribution in [0.2, 0.25) is 0 Å². The molecule has 2 amide bonds. The number of fused-ring (bicyclic) bond motifs is 1. The van der Waals surface area contributed by atoms with Crippen molar-refractivity contribution < 1.29 is 14.0 Å². The van der Waals surface area contributed by atoms with E-state index < -0.39 is 5.82 Å². The highest BCUT2D eigenvalue weighted by atomic mass is 19.1. The van der Waals surface area contributed by atoms with Crippen LogP contribution in [0, 0.1) is 5.82 Å². The van der Waals surface area contributed by atoms with Gasteiger partial charge in [0.25, 0.3) is 5.91 Å². The monoisotopic (exact) mass is 458 g/mol. The van der Waals surface area contributed by atoms with E-state index in [9.17, 15) is 14.0 Å². The van der Waals surface area contributed by atoms with Crippen molar-refractivity contribution >= 4 is 34.5 Å². The minimum Gasteiger partial charge on any atom is -0.359 e. The Morgan fingerprint density at radius 1 is 0.971 bits per heavy atom. The van der Waals surface area contributed by atoms with Gasteiger partial charge < -0.3 is 20.9 Å². The van der Waals surface area contributed by atoms with E-state index in [1.165, 1.54) is 17.7 Å². The van der Waals surface area contributed by atoms with Crippen molar-refractivity contribution in [2.45, 2.75) is 13.0 Å². The summed E-state index contributed by atoms with van der Waals surface area (Å²) in [6.07, 6.45) is 0.270. The first-order valence-electron chi connectivity index (χ1n) is 11.0. The SMILES string of the molecule is CNC(=O)Cc1ccc(/C(Nc2ccc(CN(C)C)cc2)=C2/C(=O)Nc3cc(F)ccc32)cc1. The molecule has 0 spiro atoms. The summed E-state index contributed by atoms with van der Waals surface area (Å²) in [5.41, 5.74) is 5.75. The quantitative estimate of drug-likeness (QED) is 0.466. The molecule has 34 heavy (non-hydrogen) atoms. The molecular weight excluding hydrogens is 431 g/mol. The third-order valence-corrected chi connectivity index (χ3v) is 5.58. The lowest BCUT2D eigenvalue weighted by Gasteiger charge is -2.16. The van der Waals surface area contributed by atoms with Crippen LogP contribution in [0.15, 0.2) is 66.7 Å². The van der Waals surface area contributed by atoms with E-state index in [0.29, 0.717) is 22.5 Å². The van der Waals surface area contributed by atoms with Crippen LogP contribution in [0.5, 0.6) is 0 Å². The lowest BCUT2D eigenvalue weighted by molar-refractivity contribution is -0.120. The lowest BCUT2D eigenvalue weighted by atomic mass is 9.98. The number of nitrogens with zero attached hydrogens (tertiary/aromatic N) is 1. The van der Waals surface area contributed by atoms with Crippen molar-refractivity contribution in [2.75, 3.05) is 31.8 Å². The van der Waals surface area contributed by atoms with Gasteiger partial charge in [-0.1, -0.05) is 36.4 Å². The molecule has 0 saturated carbocycles. The number of benzene rings is 3. The third kappa shape index (κ3) is 5.15. The Morgan fingerprint density at radius 3 is 2.29 bits per heavy atom. The van der Waals surface area contributed by atoms with Gasteiger partial charge in [0.15, 0.2) is 0 Å². The number of likely N-dealkylation sites (N-methyl/N-ethyl adjacent to an activating group) is 1. The molecule has 1 aliphatic rings. The number of anilines is 2. The Bertz CT molecular complexity index is 1250. The highest BCUT2D eigenvalue weighted by Crippen LogP contribution is 2.38. The minimum absolute atomic E-state index is 0.0756. The van der Waals surface area contributed by atoms with Crippen LogP contribution in [0.4, 0.5) is 15.8 Å². The lowest BCUT2D eigenvalue weighted by Crippen LogP contribution is -2.19. The van der Waals surface area contributed by atoms with Gasteiger partial charge in [-0.05, 0) is 61.1 Å². The first kappa shape index (κ1) is 23.2. The summed E-state index contributed by atoms with van der Waals surface area (Å²) in [6, 6.07) is 19.8. The number of amides is 2. The van der Waals surface area contributed by atoms with Gasteiger partial charge in [-0.3, -0.25) is 9.59 Å². The predicted octanol–water partition coefficient (Wildman–Crippen LogP) is 4.11. The van der Waals surface area contributed by atoms with E-state index in [4.69, 9.17) is 0 Å². The van der Waals surface area contributed by atoms with E-state index in [0.717, 1.165) is 23.4 Å². The maximum Gasteiger partial charge on any atom is 0.258 e. The number of nitrogens with one attached hydrogen (secondary N) is 3. The number of carbonyl (C=O) groups is 2. The maximum absolute atomic E-state index is 13.8. The highest BCUT2D eigenvalue weighted by Gasteiger charge is 2.28. The molecule has 3 aromatic rings. The summed E-state index contributed by atoms with van der Waals surface area (Å²) in [4.78, 5) is 26.8. The molecule has 0 aromatic heterocycles. The first-order valence-corrected chi connectivity index (χ1v) is 11.0. The second-order valence-electron chi connectivity index (χ2n) is 8.50. The molecule has 0 aliphatic carbocycles. The van der Waals surface area contributed by atoms with Crippen LogP contribution in [-0.4, -0.2) is 37.9 Å². The second kappa shape index (κ2) is 9.89. The van der Waals surface area contributed by atoms with Crippen LogP contribution in [-0.2, 0) is 22.6 Å². The second-order valence-corrected chi connectivity index (χ2v) is 8.50. The van der Waals surface area contributed by atoms with Crippen LogP contribution in [0.3, 0.4) is 0 Å². The van der Waals surface area contributed by atoms with Crippen LogP contribution < -0.4 is 16.0 Å². The zero-order valence-electron chi connectivity index (χ0n) is 19.4. The number of hydrogen-bond acceptors (Lipinski definition) is 4. The van der Waals surface area contributed by atoms with Gasteiger partial charge in [-0.15, -0.1) is 0 Å². The van der Waals surface area contributed by atoms with Gasteiger partial charge in [-0.2, -0.15) is 0 Å². The van der Waals surface area contributed by atoms with Crippen molar-refractivity contribution in [2.24, 2.45) is 0 Å². The molecule has 174 valence electrons. The Hall–Kier alpha value is -3.97. The summed E-state index contributed by atoms with van der Waals surface area (Å²) in [5, 5.41) is 8.79. The van der Waals surface area contributed by atoms with E-state index in [1.54, 1.807) is 13.1 Å².